The number of imide groups is 1. The van der Waals surface area contributed by atoms with Crippen LogP contribution >= 0.6 is 0 Å². The summed E-state index contributed by atoms with van der Waals surface area (Å²) in [7, 11) is 2.00. The Labute approximate surface area is 154 Å². The number of benzene rings is 1. The van der Waals surface area contributed by atoms with Gasteiger partial charge in [-0.25, -0.2) is 0 Å². The highest BCUT2D eigenvalue weighted by Gasteiger charge is 2.34. The third-order valence-electron chi connectivity index (χ3n) is 4.72. The van der Waals surface area contributed by atoms with Crippen molar-refractivity contribution >= 4 is 17.8 Å². The van der Waals surface area contributed by atoms with Gasteiger partial charge in [0, 0.05) is 39.2 Å². The molecule has 0 aromatic heterocycles. The van der Waals surface area contributed by atoms with Crippen LogP contribution in [-0.4, -0.2) is 74.0 Å². The van der Waals surface area contributed by atoms with Gasteiger partial charge in [0.2, 0.25) is 0 Å². The van der Waals surface area contributed by atoms with E-state index in [2.05, 4.69) is 15.2 Å². The van der Waals surface area contributed by atoms with Gasteiger partial charge in [0.1, 0.15) is 0 Å². The van der Waals surface area contributed by atoms with E-state index in [1.54, 1.807) is 24.3 Å². The highest BCUT2D eigenvalue weighted by Crippen LogP contribution is 2.21. The van der Waals surface area contributed by atoms with Crippen LogP contribution < -0.4 is 5.32 Å². The molecule has 140 valence electrons. The van der Waals surface area contributed by atoms with Crippen molar-refractivity contribution in [1.82, 2.24) is 15.1 Å². The predicted molar refractivity (Wildman–Crippen MR) is 99.3 cm³/mol. The van der Waals surface area contributed by atoms with Crippen molar-refractivity contribution in [1.29, 1.82) is 0 Å². The predicted octanol–water partition coefficient (Wildman–Crippen LogP) is 1.22. The summed E-state index contributed by atoms with van der Waals surface area (Å²) in [5.41, 5.74) is 0.957. The van der Waals surface area contributed by atoms with E-state index < -0.39 is 0 Å². The number of fused-ring (bicyclic) bond motifs is 1. The van der Waals surface area contributed by atoms with E-state index in [4.69, 9.17) is 4.74 Å². The molecule has 2 aliphatic rings. The first-order valence-electron chi connectivity index (χ1n) is 9.14. The Morgan fingerprint density at radius 2 is 2.00 bits per heavy atom. The van der Waals surface area contributed by atoms with Crippen molar-refractivity contribution in [2.24, 2.45) is 10.9 Å². The molecule has 0 radical (unpaired) electrons. The van der Waals surface area contributed by atoms with E-state index in [0.717, 1.165) is 38.7 Å². The minimum Gasteiger partial charge on any atom is -0.381 e. The molecule has 1 aromatic carbocycles. The molecule has 0 saturated carbocycles. The SMILES string of the molecule is CCNC(=NCCN1C(=O)c2ccccc2C1=O)N(C)CC1CCOC1. The van der Waals surface area contributed by atoms with Crippen LogP contribution in [0.1, 0.15) is 34.1 Å². The zero-order valence-corrected chi connectivity index (χ0v) is 15.4. The summed E-state index contributed by atoms with van der Waals surface area (Å²) in [6.07, 6.45) is 1.07. The van der Waals surface area contributed by atoms with Gasteiger partial charge < -0.3 is 15.0 Å². The molecule has 26 heavy (non-hydrogen) atoms. The van der Waals surface area contributed by atoms with Gasteiger partial charge in [-0.2, -0.15) is 0 Å². The Kier molecular flexibility index (Phi) is 5.88. The van der Waals surface area contributed by atoms with Crippen molar-refractivity contribution < 1.29 is 14.3 Å². The van der Waals surface area contributed by atoms with Crippen molar-refractivity contribution in [3.05, 3.63) is 35.4 Å². The molecule has 1 saturated heterocycles. The Morgan fingerprint density at radius 1 is 1.31 bits per heavy atom. The van der Waals surface area contributed by atoms with Gasteiger partial charge >= 0.3 is 0 Å². The molecule has 2 heterocycles. The Hall–Kier alpha value is -2.41. The van der Waals surface area contributed by atoms with Gasteiger partial charge in [-0.15, -0.1) is 0 Å². The lowest BCUT2D eigenvalue weighted by Gasteiger charge is -2.24. The summed E-state index contributed by atoms with van der Waals surface area (Å²) in [5.74, 6) is 0.834. The molecular weight excluding hydrogens is 332 g/mol. The third kappa shape index (κ3) is 3.88. The molecule has 1 fully saturated rings. The van der Waals surface area contributed by atoms with Crippen LogP contribution in [0.15, 0.2) is 29.3 Å². The zero-order chi connectivity index (χ0) is 18.5. The minimum atomic E-state index is -0.234. The number of nitrogens with one attached hydrogen (secondary N) is 1. The maximum absolute atomic E-state index is 12.4. The molecule has 3 rings (SSSR count). The van der Waals surface area contributed by atoms with Crippen molar-refractivity contribution in [3.8, 4) is 0 Å². The number of carbonyl (C=O) groups excluding carboxylic acids is 2. The summed E-state index contributed by atoms with van der Waals surface area (Å²) in [4.78, 5) is 32.7. The minimum absolute atomic E-state index is 0.234. The lowest BCUT2D eigenvalue weighted by Crippen LogP contribution is -2.42. The molecule has 1 atom stereocenters. The van der Waals surface area contributed by atoms with Gasteiger partial charge in [0.05, 0.1) is 24.3 Å². The summed E-state index contributed by atoms with van der Waals surface area (Å²) < 4.78 is 5.43. The van der Waals surface area contributed by atoms with Crippen LogP contribution in [-0.2, 0) is 4.74 Å². The van der Waals surface area contributed by atoms with Crippen LogP contribution in [0.25, 0.3) is 0 Å². The zero-order valence-electron chi connectivity index (χ0n) is 15.4. The lowest BCUT2D eigenvalue weighted by atomic mass is 10.1. The van der Waals surface area contributed by atoms with E-state index in [1.807, 2.05) is 14.0 Å². The highest BCUT2D eigenvalue weighted by atomic mass is 16.5. The summed E-state index contributed by atoms with van der Waals surface area (Å²) in [5, 5.41) is 3.27. The molecule has 0 aliphatic carbocycles. The largest absolute Gasteiger partial charge is 0.381 e. The number of guanidine groups is 1. The first kappa shape index (κ1) is 18.4. The lowest BCUT2D eigenvalue weighted by molar-refractivity contribution is 0.0659. The number of carbonyl (C=O) groups is 2. The van der Waals surface area contributed by atoms with Gasteiger partial charge in [-0.1, -0.05) is 12.1 Å². The monoisotopic (exact) mass is 358 g/mol. The Bertz CT molecular complexity index is 663. The average molecular weight is 358 g/mol. The molecule has 7 nitrogen and oxygen atoms in total. The second-order valence-electron chi connectivity index (χ2n) is 6.65. The normalized spacial score (nSPS) is 19.8. The average Bonchev–Trinajstić information content (AvgIpc) is 3.23. The number of ether oxygens (including phenoxy) is 1. The fourth-order valence-corrected chi connectivity index (χ4v) is 3.37. The molecule has 1 unspecified atom stereocenters. The smallest absolute Gasteiger partial charge is 0.261 e. The van der Waals surface area contributed by atoms with Crippen molar-refractivity contribution in [3.63, 3.8) is 0 Å². The molecule has 0 bridgehead atoms. The van der Waals surface area contributed by atoms with Gasteiger partial charge in [-0.3, -0.25) is 19.5 Å². The van der Waals surface area contributed by atoms with Crippen LogP contribution in [0, 0.1) is 5.92 Å². The topological polar surface area (TPSA) is 74.2 Å². The number of nitrogens with zero attached hydrogens (tertiary/aromatic N) is 3. The molecule has 2 aliphatic heterocycles. The second-order valence-corrected chi connectivity index (χ2v) is 6.65. The van der Waals surface area contributed by atoms with Gasteiger partial charge in [-0.05, 0) is 25.5 Å². The van der Waals surface area contributed by atoms with E-state index in [-0.39, 0.29) is 18.4 Å². The van der Waals surface area contributed by atoms with Crippen LogP contribution in [0.5, 0.6) is 0 Å². The summed E-state index contributed by atoms with van der Waals surface area (Å²) in [6.45, 7) is 5.92. The van der Waals surface area contributed by atoms with Gasteiger partial charge in [0.25, 0.3) is 11.8 Å². The number of hydrogen-bond donors (Lipinski definition) is 1. The molecule has 1 aromatic rings. The second kappa shape index (κ2) is 8.31. The van der Waals surface area contributed by atoms with E-state index in [9.17, 15) is 9.59 Å². The quantitative estimate of drug-likeness (QED) is 0.470. The van der Waals surface area contributed by atoms with Crippen LogP contribution in [0.3, 0.4) is 0 Å². The van der Waals surface area contributed by atoms with Crippen LogP contribution in [0.4, 0.5) is 0 Å². The number of aliphatic imine (C=N–C) groups is 1. The summed E-state index contributed by atoms with van der Waals surface area (Å²) >= 11 is 0. The number of hydrogen-bond acceptors (Lipinski definition) is 4. The third-order valence-corrected chi connectivity index (χ3v) is 4.72. The van der Waals surface area contributed by atoms with Crippen molar-refractivity contribution in [2.45, 2.75) is 13.3 Å². The standard InChI is InChI=1S/C19H26N4O3/c1-3-20-19(22(2)12-14-8-11-26-13-14)21-9-10-23-17(24)15-6-4-5-7-16(15)18(23)25/h4-7,14H,3,8-13H2,1-2H3,(H,20,21). The van der Waals surface area contributed by atoms with Crippen LogP contribution in [0.2, 0.25) is 0 Å². The van der Waals surface area contributed by atoms with Crippen molar-refractivity contribution in [2.75, 3.05) is 46.4 Å². The number of rotatable bonds is 6. The molecule has 0 spiro atoms. The fourth-order valence-electron chi connectivity index (χ4n) is 3.37. The maximum Gasteiger partial charge on any atom is 0.261 e. The number of amides is 2. The van der Waals surface area contributed by atoms with E-state index in [1.165, 1.54) is 4.90 Å². The van der Waals surface area contributed by atoms with E-state index >= 15 is 0 Å². The molecule has 1 N–H and O–H groups in total. The maximum atomic E-state index is 12.4. The Morgan fingerprint density at radius 3 is 2.58 bits per heavy atom. The fraction of sp³-hybridized carbons (Fsp3) is 0.526. The Balaban J connectivity index is 1.60. The highest BCUT2D eigenvalue weighted by molar-refractivity contribution is 6.21. The first-order valence-corrected chi connectivity index (χ1v) is 9.14. The summed E-state index contributed by atoms with van der Waals surface area (Å²) in [6, 6.07) is 6.94. The van der Waals surface area contributed by atoms with E-state index in [0.29, 0.717) is 23.6 Å². The molecule has 2 amide bonds. The first-order chi connectivity index (χ1) is 12.6. The molecular formula is C19H26N4O3. The van der Waals surface area contributed by atoms with Gasteiger partial charge in [0.15, 0.2) is 5.96 Å². The molecule has 7 heteroatoms.